The Morgan fingerprint density at radius 1 is 0.750 bits per heavy atom. The highest BCUT2D eigenvalue weighted by Gasteiger charge is 2.08. The number of nitrogens with zero attached hydrogens (tertiary/aromatic N) is 2. The summed E-state index contributed by atoms with van der Waals surface area (Å²) in [5.74, 6) is 0. The molecule has 0 radical (unpaired) electrons. The number of halogens is 2. The van der Waals surface area contributed by atoms with E-state index in [4.69, 9.17) is 11.6 Å². The lowest BCUT2D eigenvalue weighted by molar-refractivity contribution is 1.33. The van der Waals surface area contributed by atoms with Gasteiger partial charge in [-0.15, -0.1) is 22.7 Å². The van der Waals surface area contributed by atoms with Gasteiger partial charge in [-0.2, -0.15) is 0 Å². The average Bonchev–Trinajstić information content (AvgIpc) is 3.25. The van der Waals surface area contributed by atoms with Crippen molar-refractivity contribution in [3.63, 3.8) is 0 Å². The zero-order valence-corrected chi connectivity index (χ0v) is 16.2. The predicted molar refractivity (Wildman–Crippen MR) is 107 cm³/mol. The van der Waals surface area contributed by atoms with Gasteiger partial charge < -0.3 is 0 Å². The molecular formula is C18H10BrClN2S2. The van der Waals surface area contributed by atoms with Gasteiger partial charge in [-0.3, -0.25) is 4.98 Å². The van der Waals surface area contributed by atoms with Crippen molar-refractivity contribution in [1.29, 1.82) is 0 Å². The van der Waals surface area contributed by atoms with E-state index in [0.29, 0.717) is 5.15 Å². The second kappa shape index (κ2) is 6.76. The Hall–Kier alpha value is -1.53. The summed E-state index contributed by atoms with van der Waals surface area (Å²) in [7, 11) is 0. The maximum Gasteiger partial charge on any atom is 0.129 e. The monoisotopic (exact) mass is 432 g/mol. The average molecular weight is 434 g/mol. The van der Waals surface area contributed by atoms with Crippen molar-refractivity contribution < 1.29 is 0 Å². The number of thiophene rings is 2. The molecular weight excluding hydrogens is 424 g/mol. The van der Waals surface area contributed by atoms with E-state index in [1.165, 1.54) is 14.6 Å². The van der Waals surface area contributed by atoms with Gasteiger partial charge in [0.2, 0.25) is 0 Å². The predicted octanol–water partition coefficient (Wildman–Crippen LogP) is 7.02. The molecule has 118 valence electrons. The van der Waals surface area contributed by atoms with Crippen molar-refractivity contribution in [1.82, 2.24) is 9.97 Å². The van der Waals surface area contributed by atoms with Crippen LogP contribution in [-0.4, -0.2) is 9.97 Å². The largest absolute Gasteiger partial charge is 0.263 e. The first-order chi connectivity index (χ1) is 11.7. The summed E-state index contributed by atoms with van der Waals surface area (Å²) in [6.45, 7) is 0. The summed E-state index contributed by atoms with van der Waals surface area (Å²) < 4.78 is 1.12. The molecule has 0 aromatic carbocycles. The van der Waals surface area contributed by atoms with Gasteiger partial charge in [0.05, 0.1) is 3.79 Å². The minimum Gasteiger partial charge on any atom is -0.263 e. The topological polar surface area (TPSA) is 25.8 Å². The molecule has 4 aromatic rings. The maximum atomic E-state index is 5.86. The van der Waals surface area contributed by atoms with Crippen molar-refractivity contribution in [2.75, 3.05) is 0 Å². The van der Waals surface area contributed by atoms with Crippen molar-refractivity contribution >= 4 is 50.2 Å². The van der Waals surface area contributed by atoms with E-state index in [2.05, 4.69) is 56.2 Å². The lowest BCUT2D eigenvalue weighted by atomic mass is 10.1. The van der Waals surface area contributed by atoms with E-state index in [-0.39, 0.29) is 0 Å². The molecule has 4 aromatic heterocycles. The number of hydrogen-bond acceptors (Lipinski definition) is 4. The quantitative estimate of drug-likeness (QED) is 0.324. The summed E-state index contributed by atoms with van der Waals surface area (Å²) in [6, 6.07) is 14.4. The van der Waals surface area contributed by atoms with E-state index in [0.717, 1.165) is 20.5 Å². The number of hydrogen-bond donors (Lipinski definition) is 0. The molecule has 6 heteroatoms. The molecule has 0 bridgehead atoms. The Labute approximate surface area is 160 Å². The Kier molecular flexibility index (Phi) is 4.50. The van der Waals surface area contributed by atoms with Crippen LogP contribution in [0.25, 0.3) is 31.3 Å². The fraction of sp³-hybridized carbons (Fsp3) is 0. The fourth-order valence-electron chi connectivity index (χ4n) is 2.35. The molecule has 2 nitrogen and oxygen atoms in total. The Bertz CT molecular complexity index is 992. The zero-order chi connectivity index (χ0) is 16.5. The highest BCUT2D eigenvalue weighted by molar-refractivity contribution is 9.11. The van der Waals surface area contributed by atoms with Crippen LogP contribution in [-0.2, 0) is 0 Å². The fourth-order valence-corrected chi connectivity index (χ4v) is 4.80. The van der Waals surface area contributed by atoms with Gasteiger partial charge in [0.1, 0.15) is 5.15 Å². The summed E-state index contributed by atoms with van der Waals surface area (Å²) in [4.78, 5) is 12.1. The standard InChI is InChI=1S/C18H10BrClN2S2/c19-17-5-4-16(24-17)13-7-12(8-21-9-13)15-3-2-14(23-15)11-1-6-18(20)22-10-11/h1-10H. The molecule has 0 fully saturated rings. The first-order valence-corrected chi connectivity index (χ1v) is 9.92. The van der Waals surface area contributed by atoms with Gasteiger partial charge in [-0.25, -0.2) is 4.98 Å². The van der Waals surface area contributed by atoms with Crippen LogP contribution >= 0.6 is 50.2 Å². The van der Waals surface area contributed by atoms with Crippen LogP contribution in [0.2, 0.25) is 5.15 Å². The molecule has 0 aliphatic heterocycles. The molecule has 4 rings (SSSR count). The van der Waals surface area contributed by atoms with Crippen LogP contribution in [0, 0.1) is 0 Å². The molecule has 0 N–H and O–H groups in total. The molecule has 0 aliphatic carbocycles. The van der Waals surface area contributed by atoms with Crippen LogP contribution < -0.4 is 0 Å². The molecule has 0 saturated carbocycles. The molecule has 0 amide bonds. The number of rotatable bonds is 3. The van der Waals surface area contributed by atoms with E-state index in [1.807, 2.05) is 24.5 Å². The van der Waals surface area contributed by atoms with Crippen LogP contribution in [0.4, 0.5) is 0 Å². The Morgan fingerprint density at radius 3 is 2.04 bits per heavy atom. The van der Waals surface area contributed by atoms with Crippen LogP contribution in [0.1, 0.15) is 0 Å². The van der Waals surface area contributed by atoms with Gasteiger partial charge >= 0.3 is 0 Å². The minimum atomic E-state index is 0.509. The van der Waals surface area contributed by atoms with Gasteiger partial charge in [-0.05, 0) is 58.4 Å². The third-order valence-corrected chi connectivity index (χ3v) is 6.58. The van der Waals surface area contributed by atoms with Crippen molar-refractivity contribution in [3.05, 3.63) is 70.0 Å². The van der Waals surface area contributed by atoms with Gasteiger partial charge in [0.15, 0.2) is 0 Å². The molecule has 0 atom stereocenters. The minimum absolute atomic E-state index is 0.509. The smallest absolute Gasteiger partial charge is 0.129 e. The third-order valence-electron chi connectivity index (χ3n) is 3.50. The Morgan fingerprint density at radius 2 is 1.42 bits per heavy atom. The third kappa shape index (κ3) is 3.30. The van der Waals surface area contributed by atoms with Crippen LogP contribution in [0.5, 0.6) is 0 Å². The number of aromatic nitrogens is 2. The highest BCUT2D eigenvalue weighted by atomic mass is 79.9. The summed E-state index contributed by atoms with van der Waals surface area (Å²) >= 11 is 12.8. The summed E-state index contributed by atoms with van der Waals surface area (Å²) in [5, 5.41) is 0.509. The zero-order valence-electron chi connectivity index (χ0n) is 12.2. The lowest BCUT2D eigenvalue weighted by Crippen LogP contribution is -1.79. The van der Waals surface area contributed by atoms with Crippen molar-refractivity contribution in [2.24, 2.45) is 0 Å². The first-order valence-electron chi connectivity index (χ1n) is 7.12. The molecule has 0 spiro atoms. The second-order valence-corrected chi connectivity index (χ2v) is 9.03. The normalized spacial score (nSPS) is 10.9. The van der Waals surface area contributed by atoms with Crippen LogP contribution in [0.3, 0.4) is 0 Å². The molecule has 0 aliphatic rings. The molecule has 24 heavy (non-hydrogen) atoms. The van der Waals surface area contributed by atoms with Gasteiger partial charge in [0, 0.05) is 49.9 Å². The van der Waals surface area contributed by atoms with Gasteiger partial charge in [-0.1, -0.05) is 11.6 Å². The second-order valence-electron chi connectivity index (χ2n) is 5.10. The number of pyridine rings is 2. The van der Waals surface area contributed by atoms with Crippen LogP contribution in [0.15, 0.2) is 64.8 Å². The van der Waals surface area contributed by atoms with Gasteiger partial charge in [0.25, 0.3) is 0 Å². The Balaban J connectivity index is 1.68. The molecule has 0 unspecified atom stereocenters. The van der Waals surface area contributed by atoms with Crippen molar-refractivity contribution in [3.8, 4) is 31.3 Å². The van der Waals surface area contributed by atoms with E-state index in [9.17, 15) is 0 Å². The summed E-state index contributed by atoms with van der Waals surface area (Å²) in [5.41, 5.74) is 3.32. The first kappa shape index (κ1) is 16.0. The summed E-state index contributed by atoms with van der Waals surface area (Å²) in [6.07, 6.45) is 5.61. The van der Waals surface area contributed by atoms with E-state index >= 15 is 0 Å². The highest BCUT2D eigenvalue weighted by Crippen LogP contribution is 2.37. The lowest BCUT2D eigenvalue weighted by Gasteiger charge is -2.01. The van der Waals surface area contributed by atoms with Crippen molar-refractivity contribution in [2.45, 2.75) is 0 Å². The SMILES string of the molecule is Clc1ccc(-c2ccc(-c3cncc(-c4ccc(Br)s4)c3)s2)cn1. The molecule has 4 heterocycles. The van der Waals surface area contributed by atoms with E-state index < -0.39 is 0 Å². The molecule has 0 saturated heterocycles. The van der Waals surface area contributed by atoms with E-state index in [1.54, 1.807) is 28.9 Å². The maximum absolute atomic E-state index is 5.86.